The summed E-state index contributed by atoms with van der Waals surface area (Å²) in [5.74, 6) is 0.926. The molecule has 2 heterocycles. The van der Waals surface area contributed by atoms with Gasteiger partial charge in [-0.1, -0.05) is 18.2 Å². The van der Waals surface area contributed by atoms with Crippen LogP contribution in [0.1, 0.15) is 21.6 Å². The number of carbonyl (C=O) groups excluding carboxylic acids is 1. The molecule has 2 aromatic carbocycles. The summed E-state index contributed by atoms with van der Waals surface area (Å²) in [6.45, 7) is 0. The SMILES string of the molecule is COc1ccc2c(c1)C[C@H]1[C@]23C(=O)N(C)C(=N)N[C@@]13c1ccc(-c2cccc(C#N)c2)s1. The topological polar surface area (TPSA) is 89.2 Å². The number of amides is 1. The van der Waals surface area contributed by atoms with Gasteiger partial charge in [-0.3, -0.25) is 15.1 Å². The van der Waals surface area contributed by atoms with Gasteiger partial charge in [0.2, 0.25) is 5.91 Å². The molecule has 7 heteroatoms. The van der Waals surface area contributed by atoms with Gasteiger partial charge in [0.1, 0.15) is 11.2 Å². The number of nitrogens with one attached hydrogen (secondary N) is 2. The zero-order valence-electron chi connectivity index (χ0n) is 17.6. The molecule has 2 fully saturated rings. The van der Waals surface area contributed by atoms with Gasteiger partial charge < -0.3 is 10.1 Å². The summed E-state index contributed by atoms with van der Waals surface area (Å²) in [7, 11) is 3.32. The number of benzene rings is 2. The zero-order valence-corrected chi connectivity index (χ0v) is 18.4. The van der Waals surface area contributed by atoms with Crippen LogP contribution in [0.5, 0.6) is 5.75 Å². The minimum Gasteiger partial charge on any atom is -0.497 e. The second kappa shape index (κ2) is 6.21. The van der Waals surface area contributed by atoms with Gasteiger partial charge in [0.25, 0.3) is 0 Å². The van der Waals surface area contributed by atoms with Crippen LogP contribution < -0.4 is 10.1 Å². The van der Waals surface area contributed by atoms with Gasteiger partial charge in [-0.15, -0.1) is 11.3 Å². The molecule has 2 N–H and O–H groups in total. The van der Waals surface area contributed by atoms with Crippen molar-refractivity contribution in [3.8, 4) is 22.3 Å². The van der Waals surface area contributed by atoms with Crippen LogP contribution in [0.4, 0.5) is 0 Å². The lowest BCUT2D eigenvalue weighted by atomic mass is 9.85. The van der Waals surface area contributed by atoms with Gasteiger partial charge in [0, 0.05) is 22.7 Å². The van der Waals surface area contributed by atoms with Crippen molar-refractivity contribution >= 4 is 23.2 Å². The zero-order chi connectivity index (χ0) is 22.3. The molecule has 1 amide bonds. The molecular formula is C25H20N4O2S. The number of hydrogen-bond donors (Lipinski definition) is 2. The third-order valence-corrected chi connectivity index (χ3v) is 8.58. The largest absolute Gasteiger partial charge is 0.497 e. The second-order valence-corrected chi connectivity index (χ2v) is 9.67. The lowest BCUT2D eigenvalue weighted by molar-refractivity contribution is -0.131. The van der Waals surface area contributed by atoms with Crippen molar-refractivity contribution in [1.29, 1.82) is 10.7 Å². The van der Waals surface area contributed by atoms with Crippen LogP contribution in [0.15, 0.2) is 54.6 Å². The normalized spacial score (nSPS) is 27.2. The summed E-state index contributed by atoms with van der Waals surface area (Å²) in [6.07, 6.45) is 0.754. The van der Waals surface area contributed by atoms with E-state index in [-0.39, 0.29) is 17.8 Å². The van der Waals surface area contributed by atoms with E-state index in [2.05, 4.69) is 23.5 Å². The summed E-state index contributed by atoms with van der Waals surface area (Å²) in [4.78, 5) is 17.2. The van der Waals surface area contributed by atoms with Gasteiger partial charge in [0.05, 0.1) is 24.3 Å². The Morgan fingerprint density at radius 2 is 2.09 bits per heavy atom. The molecule has 32 heavy (non-hydrogen) atoms. The number of fused-ring (bicyclic) bond motifs is 2. The highest BCUT2D eigenvalue weighted by Crippen LogP contribution is 2.76. The number of methoxy groups -OCH3 is 1. The molecule has 3 aliphatic rings. The number of guanidine groups is 1. The molecule has 1 aliphatic heterocycles. The predicted molar refractivity (Wildman–Crippen MR) is 122 cm³/mol. The van der Waals surface area contributed by atoms with E-state index < -0.39 is 11.0 Å². The summed E-state index contributed by atoms with van der Waals surface area (Å²) in [5, 5.41) is 21.1. The molecule has 3 aromatic rings. The highest BCUT2D eigenvalue weighted by Gasteiger charge is 2.87. The third-order valence-electron chi connectivity index (χ3n) is 7.31. The van der Waals surface area contributed by atoms with Crippen molar-refractivity contribution in [2.45, 2.75) is 17.4 Å². The molecule has 1 spiro atoms. The van der Waals surface area contributed by atoms with E-state index >= 15 is 0 Å². The van der Waals surface area contributed by atoms with Gasteiger partial charge in [-0.25, -0.2) is 0 Å². The number of ether oxygens (including phenoxy) is 1. The fourth-order valence-corrected chi connectivity index (χ4v) is 7.13. The number of carbonyl (C=O) groups is 1. The van der Waals surface area contributed by atoms with Crippen molar-refractivity contribution in [1.82, 2.24) is 10.2 Å². The highest BCUT2D eigenvalue weighted by atomic mass is 32.1. The molecule has 158 valence electrons. The number of rotatable bonds is 3. The molecule has 0 radical (unpaired) electrons. The highest BCUT2D eigenvalue weighted by molar-refractivity contribution is 7.15. The van der Waals surface area contributed by atoms with Crippen molar-refractivity contribution in [3.63, 3.8) is 0 Å². The molecule has 0 unspecified atom stereocenters. The summed E-state index contributed by atoms with van der Waals surface area (Å²) in [5.41, 5.74) is 2.43. The molecule has 6 rings (SSSR count). The number of nitriles is 1. The molecule has 3 atom stereocenters. The van der Waals surface area contributed by atoms with E-state index in [0.717, 1.165) is 38.6 Å². The first kappa shape index (κ1) is 19.1. The van der Waals surface area contributed by atoms with E-state index in [0.29, 0.717) is 5.56 Å². The van der Waals surface area contributed by atoms with Crippen LogP contribution >= 0.6 is 11.3 Å². The average molecular weight is 441 g/mol. The van der Waals surface area contributed by atoms with Crippen molar-refractivity contribution in [3.05, 3.63) is 76.2 Å². The first-order valence-corrected chi connectivity index (χ1v) is 11.2. The smallest absolute Gasteiger partial charge is 0.242 e. The van der Waals surface area contributed by atoms with Gasteiger partial charge in [0.15, 0.2) is 5.96 Å². The molecule has 1 aromatic heterocycles. The standard InChI is InChI=1S/C25H20N4O2S/c1-29-22(30)24-18-7-6-17(31-2)11-16(18)12-20(24)25(24,28-23(29)27)21-9-8-19(32-21)15-5-3-4-14(10-15)13-26/h3-11,20H,12H2,1-2H3,(H2,27,28)/t20-,24-,25+/m0/s1. The van der Waals surface area contributed by atoms with Crippen LogP contribution in [0, 0.1) is 22.7 Å². The summed E-state index contributed by atoms with van der Waals surface area (Å²) >= 11 is 1.63. The number of likely N-dealkylation sites (N-methyl/N-ethyl adjacent to an activating group) is 1. The van der Waals surface area contributed by atoms with E-state index in [4.69, 9.17) is 10.1 Å². The van der Waals surface area contributed by atoms with Gasteiger partial charge >= 0.3 is 0 Å². The Morgan fingerprint density at radius 3 is 2.88 bits per heavy atom. The first-order valence-electron chi connectivity index (χ1n) is 10.4. The van der Waals surface area contributed by atoms with Crippen LogP contribution in [0.2, 0.25) is 0 Å². The Bertz CT molecular complexity index is 1370. The average Bonchev–Trinajstić information content (AvgIpc) is 3.17. The number of hydrogen-bond acceptors (Lipinski definition) is 5. The maximum absolute atomic E-state index is 13.7. The van der Waals surface area contributed by atoms with Crippen LogP contribution in [-0.4, -0.2) is 30.9 Å². The maximum atomic E-state index is 13.7. The molecule has 2 aliphatic carbocycles. The quantitative estimate of drug-likeness (QED) is 0.651. The minimum absolute atomic E-state index is 0.0309. The fraction of sp³-hybridized carbons (Fsp3) is 0.240. The second-order valence-electron chi connectivity index (χ2n) is 8.59. The van der Waals surface area contributed by atoms with Crippen LogP contribution in [0.3, 0.4) is 0 Å². The van der Waals surface area contributed by atoms with E-state index in [1.807, 2.05) is 36.4 Å². The summed E-state index contributed by atoms with van der Waals surface area (Å²) < 4.78 is 5.40. The predicted octanol–water partition coefficient (Wildman–Crippen LogP) is 3.61. The van der Waals surface area contributed by atoms with Gasteiger partial charge in [-0.2, -0.15) is 5.26 Å². The molecule has 1 saturated carbocycles. The molecule has 0 bridgehead atoms. The molecular weight excluding hydrogens is 420 g/mol. The fourth-order valence-electron chi connectivity index (χ4n) is 5.86. The van der Waals surface area contributed by atoms with Crippen LogP contribution in [0.25, 0.3) is 10.4 Å². The minimum atomic E-state index is -0.718. The van der Waals surface area contributed by atoms with E-state index in [1.165, 1.54) is 4.90 Å². The van der Waals surface area contributed by atoms with Gasteiger partial charge in [-0.05, 0) is 59.5 Å². The lowest BCUT2D eigenvalue weighted by Crippen LogP contribution is -2.59. The van der Waals surface area contributed by atoms with Crippen molar-refractivity contribution in [2.24, 2.45) is 5.92 Å². The Balaban J connectivity index is 1.50. The van der Waals surface area contributed by atoms with Crippen molar-refractivity contribution in [2.75, 3.05) is 14.2 Å². The van der Waals surface area contributed by atoms with Crippen LogP contribution in [-0.2, 0) is 22.2 Å². The van der Waals surface area contributed by atoms with E-state index in [9.17, 15) is 10.1 Å². The summed E-state index contributed by atoms with van der Waals surface area (Å²) in [6, 6.07) is 19.8. The van der Waals surface area contributed by atoms with Crippen molar-refractivity contribution < 1.29 is 9.53 Å². The Labute approximate surface area is 189 Å². The Kier molecular flexibility index (Phi) is 3.70. The third kappa shape index (κ3) is 2.08. The lowest BCUT2D eigenvalue weighted by Gasteiger charge is -2.37. The first-order chi connectivity index (χ1) is 15.5. The Hall–Kier alpha value is -3.63. The molecule has 1 saturated heterocycles. The molecule has 6 nitrogen and oxygen atoms in total. The maximum Gasteiger partial charge on any atom is 0.242 e. The number of nitrogens with zero attached hydrogens (tertiary/aromatic N) is 2. The van der Waals surface area contributed by atoms with E-state index in [1.54, 1.807) is 31.6 Å². The Morgan fingerprint density at radius 1 is 1.25 bits per heavy atom. The number of thiophene rings is 1. The monoisotopic (exact) mass is 440 g/mol.